The fraction of sp³-hybridized carbons (Fsp3) is 0.917. The minimum atomic E-state index is -3.00. The van der Waals surface area contributed by atoms with Gasteiger partial charge in [0.2, 0.25) is 5.91 Å². The van der Waals surface area contributed by atoms with E-state index < -0.39 is 9.84 Å². The third kappa shape index (κ3) is 4.93. The number of hydrogen-bond acceptors (Lipinski definition) is 4. The molecule has 0 bridgehead atoms. The first kappa shape index (κ1) is 16.7. The van der Waals surface area contributed by atoms with Gasteiger partial charge in [-0.05, 0) is 25.2 Å². The molecule has 1 saturated carbocycles. The molecule has 1 saturated heterocycles. The molecule has 1 aliphatic heterocycles. The smallest absolute Gasteiger partial charge is 0.237 e. The van der Waals surface area contributed by atoms with Crippen molar-refractivity contribution < 1.29 is 13.2 Å². The van der Waals surface area contributed by atoms with Gasteiger partial charge in [0.15, 0.2) is 0 Å². The maximum Gasteiger partial charge on any atom is 0.237 e. The number of halogens is 1. The van der Waals surface area contributed by atoms with Crippen LogP contribution in [0.25, 0.3) is 0 Å². The molecule has 3 atom stereocenters. The quantitative estimate of drug-likeness (QED) is 0.792. The highest BCUT2D eigenvalue weighted by molar-refractivity contribution is 7.90. The summed E-state index contributed by atoms with van der Waals surface area (Å²) in [5, 5.41) is 6.09. The molecular weight excluding hydrogens is 288 g/mol. The average Bonchev–Trinajstić information content (AvgIpc) is 2.70. The number of hydrogen-bond donors (Lipinski definition) is 2. The predicted octanol–water partition coefficient (Wildman–Crippen LogP) is 0.490. The molecule has 0 aromatic rings. The highest BCUT2D eigenvalue weighted by atomic mass is 35.5. The van der Waals surface area contributed by atoms with Gasteiger partial charge in [-0.2, -0.15) is 0 Å². The van der Waals surface area contributed by atoms with Crippen LogP contribution in [0.2, 0.25) is 0 Å². The Bertz CT molecular complexity index is 399. The first-order valence-electron chi connectivity index (χ1n) is 6.67. The Balaban J connectivity index is 0.00000180. The Kier molecular flexibility index (Phi) is 6.08. The molecule has 2 N–H and O–H groups in total. The van der Waals surface area contributed by atoms with Gasteiger partial charge in [-0.25, -0.2) is 8.42 Å². The highest BCUT2D eigenvalue weighted by Crippen LogP contribution is 2.33. The fourth-order valence-corrected chi connectivity index (χ4v) is 3.48. The molecule has 2 fully saturated rings. The minimum Gasteiger partial charge on any atom is -0.354 e. The monoisotopic (exact) mass is 310 g/mol. The van der Waals surface area contributed by atoms with Gasteiger partial charge in [-0.3, -0.25) is 4.79 Å². The van der Waals surface area contributed by atoms with Crippen LogP contribution in [0.1, 0.15) is 32.1 Å². The molecule has 1 aliphatic carbocycles. The van der Waals surface area contributed by atoms with Crippen molar-refractivity contribution in [2.24, 2.45) is 5.92 Å². The van der Waals surface area contributed by atoms with E-state index in [9.17, 15) is 13.2 Å². The van der Waals surface area contributed by atoms with Crippen LogP contribution in [0.15, 0.2) is 0 Å². The van der Waals surface area contributed by atoms with E-state index in [2.05, 4.69) is 10.6 Å². The summed E-state index contributed by atoms with van der Waals surface area (Å²) in [6.07, 6.45) is 6.97. The zero-order valence-corrected chi connectivity index (χ0v) is 12.9. The number of sulfone groups is 1. The van der Waals surface area contributed by atoms with E-state index in [0.717, 1.165) is 12.8 Å². The topological polar surface area (TPSA) is 75.3 Å². The van der Waals surface area contributed by atoms with Crippen LogP contribution in [-0.4, -0.2) is 45.0 Å². The number of rotatable bonds is 4. The predicted molar refractivity (Wildman–Crippen MR) is 77.3 cm³/mol. The van der Waals surface area contributed by atoms with Gasteiger partial charge in [0.05, 0.1) is 11.8 Å². The van der Waals surface area contributed by atoms with Crippen LogP contribution in [-0.2, 0) is 14.6 Å². The van der Waals surface area contributed by atoms with Crippen molar-refractivity contribution in [2.75, 3.05) is 18.6 Å². The van der Waals surface area contributed by atoms with Crippen LogP contribution in [0, 0.1) is 5.92 Å². The van der Waals surface area contributed by atoms with Crippen molar-refractivity contribution in [2.45, 2.75) is 44.2 Å². The Morgan fingerprint density at radius 2 is 2.00 bits per heavy atom. The molecule has 112 valence electrons. The van der Waals surface area contributed by atoms with Crippen LogP contribution < -0.4 is 10.6 Å². The summed E-state index contributed by atoms with van der Waals surface area (Å²) in [6, 6.07) is 0.363. The van der Waals surface area contributed by atoms with Crippen LogP contribution in [0.5, 0.6) is 0 Å². The molecule has 0 aromatic heterocycles. The van der Waals surface area contributed by atoms with E-state index in [0.29, 0.717) is 12.0 Å². The summed E-state index contributed by atoms with van der Waals surface area (Å²) in [6.45, 7) is 0.213. The standard InChI is InChI=1S/C12H22N2O3S.ClH/c1-18(16,17)7-6-13-12(15)11-8-9-4-2-3-5-10(9)14-11;/h9-11,14H,2-8H2,1H3,(H,13,15);1H. The first-order valence-corrected chi connectivity index (χ1v) is 8.73. The largest absolute Gasteiger partial charge is 0.354 e. The van der Waals surface area contributed by atoms with Gasteiger partial charge in [0.1, 0.15) is 9.84 Å². The first-order chi connectivity index (χ1) is 8.46. The minimum absolute atomic E-state index is 0. The number of carbonyl (C=O) groups excluding carboxylic acids is 1. The fourth-order valence-electron chi connectivity index (χ4n) is 3.00. The second kappa shape index (κ2) is 6.90. The van der Waals surface area contributed by atoms with Crippen molar-refractivity contribution in [1.29, 1.82) is 0 Å². The summed E-state index contributed by atoms with van der Waals surface area (Å²) in [5.41, 5.74) is 0. The summed E-state index contributed by atoms with van der Waals surface area (Å²) >= 11 is 0. The maximum absolute atomic E-state index is 11.9. The molecule has 0 radical (unpaired) electrons. The van der Waals surface area contributed by atoms with Gasteiger partial charge < -0.3 is 10.6 Å². The number of amides is 1. The Morgan fingerprint density at radius 1 is 1.32 bits per heavy atom. The van der Waals surface area contributed by atoms with Gasteiger partial charge in [-0.15, -0.1) is 12.4 Å². The van der Waals surface area contributed by atoms with Gasteiger partial charge in [-0.1, -0.05) is 12.8 Å². The van der Waals surface area contributed by atoms with Crippen molar-refractivity contribution in [3.05, 3.63) is 0 Å². The zero-order valence-electron chi connectivity index (χ0n) is 11.2. The van der Waals surface area contributed by atoms with Gasteiger partial charge in [0, 0.05) is 18.8 Å². The number of nitrogens with one attached hydrogen (secondary N) is 2. The third-order valence-corrected chi connectivity index (χ3v) is 4.90. The van der Waals surface area contributed by atoms with Crippen molar-refractivity contribution in [1.82, 2.24) is 10.6 Å². The number of carbonyl (C=O) groups is 1. The molecule has 5 nitrogen and oxygen atoms in total. The van der Waals surface area contributed by atoms with Crippen LogP contribution >= 0.6 is 12.4 Å². The summed E-state index contributed by atoms with van der Waals surface area (Å²) in [7, 11) is -3.00. The Morgan fingerprint density at radius 3 is 2.63 bits per heavy atom. The van der Waals surface area contributed by atoms with Crippen molar-refractivity contribution in [3.63, 3.8) is 0 Å². The van der Waals surface area contributed by atoms with Gasteiger partial charge >= 0.3 is 0 Å². The second-order valence-electron chi connectivity index (χ2n) is 5.53. The summed E-state index contributed by atoms with van der Waals surface area (Å²) < 4.78 is 21.9. The Labute approximate surface area is 121 Å². The molecule has 1 amide bonds. The molecule has 3 unspecified atom stereocenters. The lowest BCUT2D eigenvalue weighted by molar-refractivity contribution is -0.122. The van der Waals surface area contributed by atoms with Crippen molar-refractivity contribution in [3.8, 4) is 0 Å². The SMILES string of the molecule is CS(=O)(=O)CCNC(=O)C1CC2CCCCC2N1.Cl. The van der Waals surface area contributed by atoms with Crippen LogP contribution in [0.3, 0.4) is 0 Å². The van der Waals surface area contributed by atoms with E-state index in [4.69, 9.17) is 0 Å². The molecule has 0 aromatic carbocycles. The highest BCUT2D eigenvalue weighted by Gasteiger charge is 2.37. The average molecular weight is 311 g/mol. The molecule has 0 spiro atoms. The molecule has 7 heteroatoms. The van der Waals surface area contributed by atoms with E-state index in [1.54, 1.807) is 0 Å². The molecule has 2 aliphatic rings. The van der Waals surface area contributed by atoms with Crippen molar-refractivity contribution >= 4 is 28.2 Å². The summed E-state index contributed by atoms with van der Waals surface area (Å²) in [5.74, 6) is 0.593. The van der Waals surface area contributed by atoms with E-state index >= 15 is 0 Å². The Hall–Kier alpha value is -0.330. The van der Waals surface area contributed by atoms with E-state index in [1.165, 1.54) is 25.5 Å². The van der Waals surface area contributed by atoms with E-state index in [1.807, 2.05) is 0 Å². The third-order valence-electron chi connectivity index (χ3n) is 3.95. The zero-order chi connectivity index (χ0) is 13.2. The molecule has 2 rings (SSSR count). The molecule has 1 heterocycles. The van der Waals surface area contributed by atoms with Gasteiger partial charge in [0.25, 0.3) is 0 Å². The second-order valence-corrected chi connectivity index (χ2v) is 7.79. The molecular formula is C12H23ClN2O3S. The lowest BCUT2D eigenvalue weighted by Crippen LogP contribution is -2.44. The summed E-state index contributed by atoms with van der Waals surface area (Å²) in [4.78, 5) is 11.9. The normalized spacial score (nSPS) is 30.3. The molecule has 19 heavy (non-hydrogen) atoms. The van der Waals surface area contributed by atoms with Crippen LogP contribution in [0.4, 0.5) is 0 Å². The lowest BCUT2D eigenvalue weighted by atomic mass is 9.85. The number of fused-ring (bicyclic) bond motifs is 1. The maximum atomic E-state index is 11.9. The van der Waals surface area contributed by atoms with E-state index in [-0.39, 0.29) is 36.7 Å². The lowest BCUT2D eigenvalue weighted by Gasteiger charge is -2.24.